The maximum absolute atomic E-state index is 12.2. The van der Waals surface area contributed by atoms with Gasteiger partial charge in [0.25, 0.3) is 11.1 Å². The average Bonchev–Trinajstić information content (AvgIpc) is 2.56. The van der Waals surface area contributed by atoms with Gasteiger partial charge in [-0.25, -0.2) is 0 Å². The zero-order valence-corrected chi connectivity index (χ0v) is 14.0. The fourth-order valence-corrected chi connectivity index (χ4v) is 2.71. The van der Waals surface area contributed by atoms with Crippen LogP contribution in [0.2, 0.25) is 0 Å². The van der Waals surface area contributed by atoms with Crippen LogP contribution in [0.25, 0.3) is 0 Å². The lowest BCUT2D eigenvalue weighted by atomic mass is 10.1. The van der Waals surface area contributed by atoms with Gasteiger partial charge in [0.1, 0.15) is 0 Å². The lowest BCUT2D eigenvalue weighted by molar-refractivity contribution is 0.732. The molecule has 0 amide bonds. The molecule has 0 aliphatic rings. The van der Waals surface area contributed by atoms with Crippen LogP contribution in [-0.4, -0.2) is 14.1 Å². The molecule has 0 unspecified atom stereocenters. The Hall–Kier alpha value is -2.73. The molecule has 2 heterocycles. The highest BCUT2D eigenvalue weighted by atomic mass is 32.1. The fourth-order valence-electron chi connectivity index (χ4n) is 2.50. The minimum absolute atomic E-state index is 0.0963. The molecule has 0 saturated heterocycles. The Kier molecular flexibility index (Phi) is 4.57. The first-order chi connectivity index (χ1) is 11.5. The second-order valence-corrected chi connectivity index (χ2v) is 6.07. The van der Waals surface area contributed by atoms with Crippen molar-refractivity contribution in [2.24, 2.45) is 7.05 Å². The molecule has 1 aromatic carbocycles. The quantitative estimate of drug-likeness (QED) is 0.742. The highest BCUT2D eigenvalue weighted by molar-refractivity contribution is 7.71. The standard InChI is InChI=1S/C18H17N3O2S/c1-20-8-7-14(10-16(20)22)9-15-12-21(18(24)19-17(15)23)11-13-5-3-2-4-6-13/h2-8,10,12H,9,11H2,1H3,(H,19,23,24). The Bertz CT molecular complexity index is 1030. The third kappa shape index (κ3) is 3.60. The zero-order valence-electron chi connectivity index (χ0n) is 13.2. The number of H-pyrrole nitrogens is 1. The van der Waals surface area contributed by atoms with Crippen LogP contribution in [0.4, 0.5) is 0 Å². The number of nitrogens with zero attached hydrogens (tertiary/aromatic N) is 2. The molecule has 0 atom stereocenters. The monoisotopic (exact) mass is 339 g/mol. The van der Waals surface area contributed by atoms with E-state index in [1.54, 1.807) is 25.5 Å². The Labute approximate surface area is 143 Å². The summed E-state index contributed by atoms with van der Waals surface area (Å²) in [5, 5.41) is 0. The summed E-state index contributed by atoms with van der Waals surface area (Å²) in [6.07, 6.45) is 3.85. The summed E-state index contributed by atoms with van der Waals surface area (Å²) in [4.78, 5) is 26.6. The van der Waals surface area contributed by atoms with Crippen LogP contribution in [-0.2, 0) is 20.0 Å². The average molecular weight is 339 g/mol. The van der Waals surface area contributed by atoms with Crippen LogP contribution >= 0.6 is 12.2 Å². The lowest BCUT2D eigenvalue weighted by Crippen LogP contribution is -2.20. The second-order valence-electron chi connectivity index (χ2n) is 5.69. The molecule has 2 aromatic heterocycles. The summed E-state index contributed by atoms with van der Waals surface area (Å²) in [7, 11) is 1.69. The highest BCUT2D eigenvalue weighted by Crippen LogP contribution is 2.06. The van der Waals surface area contributed by atoms with E-state index in [-0.39, 0.29) is 11.1 Å². The van der Waals surface area contributed by atoms with Gasteiger partial charge in [-0.2, -0.15) is 0 Å². The van der Waals surface area contributed by atoms with Crippen molar-refractivity contribution in [2.75, 3.05) is 0 Å². The molecule has 0 saturated carbocycles. The molecular weight excluding hydrogens is 322 g/mol. The van der Waals surface area contributed by atoms with Crippen molar-refractivity contribution >= 4 is 12.2 Å². The zero-order chi connectivity index (χ0) is 17.1. The first-order valence-electron chi connectivity index (χ1n) is 7.55. The van der Waals surface area contributed by atoms with Gasteiger partial charge >= 0.3 is 0 Å². The molecule has 0 aliphatic heterocycles. The van der Waals surface area contributed by atoms with Crippen molar-refractivity contribution < 1.29 is 0 Å². The van der Waals surface area contributed by atoms with Crippen molar-refractivity contribution in [2.45, 2.75) is 13.0 Å². The topological polar surface area (TPSA) is 59.8 Å². The van der Waals surface area contributed by atoms with E-state index >= 15 is 0 Å². The number of pyridine rings is 1. The van der Waals surface area contributed by atoms with E-state index in [1.165, 1.54) is 4.57 Å². The van der Waals surface area contributed by atoms with Gasteiger partial charge in [0.2, 0.25) is 0 Å². The largest absolute Gasteiger partial charge is 0.320 e. The predicted octanol–water partition coefficient (Wildman–Crippen LogP) is 2.24. The van der Waals surface area contributed by atoms with E-state index < -0.39 is 0 Å². The molecule has 3 rings (SSSR count). The highest BCUT2D eigenvalue weighted by Gasteiger charge is 2.06. The van der Waals surface area contributed by atoms with E-state index in [0.717, 1.165) is 11.1 Å². The molecule has 24 heavy (non-hydrogen) atoms. The molecule has 1 N–H and O–H groups in total. The Morgan fingerprint density at radius 2 is 1.83 bits per heavy atom. The van der Waals surface area contributed by atoms with E-state index in [2.05, 4.69) is 4.98 Å². The van der Waals surface area contributed by atoms with Crippen molar-refractivity contribution in [1.29, 1.82) is 0 Å². The molecule has 6 heteroatoms. The minimum atomic E-state index is -0.218. The van der Waals surface area contributed by atoms with Gasteiger partial charge in [-0.3, -0.25) is 14.6 Å². The van der Waals surface area contributed by atoms with Gasteiger partial charge in [0.15, 0.2) is 4.77 Å². The molecule has 5 nitrogen and oxygen atoms in total. The summed E-state index contributed by atoms with van der Waals surface area (Å²) < 4.78 is 3.72. The van der Waals surface area contributed by atoms with Crippen molar-refractivity contribution in [3.8, 4) is 0 Å². The van der Waals surface area contributed by atoms with Gasteiger partial charge in [-0.05, 0) is 29.4 Å². The normalized spacial score (nSPS) is 10.7. The number of rotatable bonds is 4. The van der Waals surface area contributed by atoms with E-state index in [0.29, 0.717) is 23.3 Å². The number of aromatic amines is 1. The number of nitrogens with one attached hydrogen (secondary N) is 1. The number of hydrogen-bond acceptors (Lipinski definition) is 3. The SMILES string of the molecule is Cn1ccc(Cc2cn(Cc3ccccc3)c(=S)[nH]c2=O)cc1=O. The summed E-state index contributed by atoms with van der Waals surface area (Å²) in [5.74, 6) is 0. The van der Waals surface area contributed by atoms with E-state index in [9.17, 15) is 9.59 Å². The van der Waals surface area contributed by atoms with Gasteiger partial charge in [0, 0.05) is 44.0 Å². The summed E-state index contributed by atoms with van der Waals surface area (Å²) in [5.41, 5.74) is 2.16. The number of benzene rings is 1. The van der Waals surface area contributed by atoms with Crippen molar-refractivity contribution in [1.82, 2.24) is 14.1 Å². The third-order valence-corrected chi connectivity index (χ3v) is 4.18. The van der Waals surface area contributed by atoms with E-state index in [4.69, 9.17) is 12.2 Å². The molecule has 122 valence electrons. The first-order valence-corrected chi connectivity index (χ1v) is 7.96. The Morgan fingerprint density at radius 1 is 1.08 bits per heavy atom. The summed E-state index contributed by atoms with van der Waals surface area (Å²) in [6, 6.07) is 13.3. The molecule has 0 spiro atoms. The van der Waals surface area contributed by atoms with Gasteiger partial charge in [-0.1, -0.05) is 30.3 Å². The fraction of sp³-hybridized carbons (Fsp3) is 0.167. The van der Waals surface area contributed by atoms with Gasteiger partial charge in [-0.15, -0.1) is 0 Å². The van der Waals surface area contributed by atoms with Crippen LogP contribution in [0, 0.1) is 4.77 Å². The number of aromatic nitrogens is 3. The molecule has 0 fully saturated rings. The molecule has 3 aromatic rings. The third-order valence-electron chi connectivity index (χ3n) is 3.84. The van der Waals surface area contributed by atoms with Crippen LogP contribution in [0.15, 0.2) is 64.4 Å². The van der Waals surface area contributed by atoms with Crippen molar-refractivity contribution in [3.05, 3.63) is 97.0 Å². The molecular formula is C18H17N3O2S. The van der Waals surface area contributed by atoms with Crippen LogP contribution < -0.4 is 11.1 Å². The summed E-state index contributed by atoms with van der Waals surface area (Å²) >= 11 is 5.25. The summed E-state index contributed by atoms with van der Waals surface area (Å²) in [6.45, 7) is 0.583. The van der Waals surface area contributed by atoms with E-state index in [1.807, 2.05) is 41.0 Å². The number of hydrogen-bond donors (Lipinski definition) is 1. The van der Waals surface area contributed by atoms with Crippen molar-refractivity contribution in [3.63, 3.8) is 0 Å². The smallest absolute Gasteiger partial charge is 0.255 e. The maximum atomic E-state index is 12.2. The van der Waals surface area contributed by atoms with Crippen LogP contribution in [0.3, 0.4) is 0 Å². The lowest BCUT2D eigenvalue weighted by Gasteiger charge is -2.09. The van der Waals surface area contributed by atoms with Crippen LogP contribution in [0.5, 0.6) is 0 Å². The van der Waals surface area contributed by atoms with Gasteiger partial charge in [0.05, 0.1) is 0 Å². The maximum Gasteiger partial charge on any atom is 0.255 e. The second kappa shape index (κ2) is 6.80. The van der Waals surface area contributed by atoms with Gasteiger partial charge < -0.3 is 9.13 Å². The number of aryl methyl sites for hydroxylation is 1. The molecule has 0 aliphatic carbocycles. The molecule has 0 radical (unpaired) electrons. The Morgan fingerprint density at radius 3 is 2.54 bits per heavy atom. The predicted molar refractivity (Wildman–Crippen MR) is 95.9 cm³/mol. The van der Waals surface area contributed by atoms with Crippen LogP contribution in [0.1, 0.15) is 16.7 Å². The first kappa shape index (κ1) is 16.1. The minimum Gasteiger partial charge on any atom is -0.320 e. The molecule has 0 bridgehead atoms. The Balaban J connectivity index is 1.95.